The Bertz CT molecular complexity index is 834. The van der Waals surface area contributed by atoms with Crippen molar-refractivity contribution < 1.29 is 14.3 Å². The van der Waals surface area contributed by atoms with Crippen molar-refractivity contribution >= 4 is 17.7 Å². The Hall–Kier alpha value is -2.22. The van der Waals surface area contributed by atoms with Gasteiger partial charge in [-0.3, -0.25) is 9.36 Å². The maximum absolute atomic E-state index is 12.2. The molecular formula is C22H32N4O3S. The molecule has 2 aromatic rings. The molecule has 164 valence electrons. The van der Waals surface area contributed by atoms with Crippen LogP contribution in [-0.2, 0) is 4.79 Å². The molecule has 0 aliphatic heterocycles. The molecule has 0 atom stereocenters. The number of nitrogens with one attached hydrogen (secondary N) is 1. The van der Waals surface area contributed by atoms with E-state index in [1.54, 1.807) is 14.2 Å². The van der Waals surface area contributed by atoms with Gasteiger partial charge in [0.1, 0.15) is 0 Å². The van der Waals surface area contributed by atoms with Gasteiger partial charge in [0.05, 0.1) is 20.0 Å². The Morgan fingerprint density at radius 2 is 1.93 bits per heavy atom. The predicted octanol–water partition coefficient (Wildman–Crippen LogP) is 4.48. The second-order valence-electron chi connectivity index (χ2n) is 7.53. The van der Waals surface area contributed by atoms with Gasteiger partial charge in [0, 0.05) is 18.2 Å². The quantitative estimate of drug-likeness (QED) is 0.441. The van der Waals surface area contributed by atoms with Crippen LogP contribution in [0.1, 0.15) is 57.9 Å². The van der Waals surface area contributed by atoms with Gasteiger partial charge < -0.3 is 14.8 Å². The van der Waals surface area contributed by atoms with E-state index in [9.17, 15) is 4.79 Å². The van der Waals surface area contributed by atoms with Crippen LogP contribution in [0, 0.1) is 0 Å². The summed E-state index contributed by atoms with van der Waals surface area (Å²) >= 11 is 1.46. The molecule has 1 aromatic heterocycles. The number of methoxy groups -OCH3 is 2. The lowest BCUT2D eigenvalue weighted by Gasteiger charge is -2.25. The number of amides is 1. The Morgan fingerprint density at radius 1 is 1.17 bits per heavy atom. The summed E-state index contributed by atoms with van der Waals surface area (Å²) in [6.07, 6.45) is 7.96. The Labute approximate surface area is 182 Å². The summed E-state index contributed by atoms with van der Waals surface area (Å²) in [4.78, 5) is 12.2. The van der Waals surface area contributed by atoms with Crippen molar-refractivity contribution in [1.82, 2.24) is 20.1 Å². The second kappa shape index (κ2) is 11.2. The number of carbonyl (C=O) groups is 1. The van der Waals surface area contributed by atoms with Crippen LogP contribution >= 0.6 is 11.8 Å². The maximum Gasteiger partial charge on any atom is 0.230 e. The van der Waals surface area contributed by atoms with Crippen molar-refractivity contribution in [3.63, 3.8) is 0 Å². The summed E-state index contributed by atoms with van der Waals surface area (Å²) in [7, 11) is 3.26. The number of nitrogens with zero attached hydrogens (tertiary/aromatic N) is 3. The molecule has 1 heterocycles. The van der Waals surface area contributed by atoms with Crippen LogP contribution in [0.5, 0.6) is 11.5 Å². The number of ether oxygens (including phenoxy) is 2. The molecule has 3 rings (SSSR count). The fourth-order valence-corrected chi connectivity index (χ4v) is 4.64. The first-order valence-electron chi connectivity index (χ1n) is 10.7. The first kappa shape index (κ1) is 22.5. The summed E-state index contributed by atoms with van der Waals surface area (Å²) in [5.74, 6) is 2.55. The lowest BCUT2D eigenvalue weighted by Crippen LogP contribution is -2.26. The number of hydrogen-bond donors (Lipinski definition) is 1. The van der Waals surface area contributed by atoms with Crippen LogP contribution in [0.4, 0.5) is 0 Å². The number of hydrogen-bond acceptors (Lipinski definition) is 6. The van der Waals surface area contributed by atoms with Crippen molar-refractivity contribution in [3.05, 3.63) is 18.2 Å². The number of unbranched alkanes of at least 4 members (excludes halogenated alkanes) is 1. The zero-order valence-corrected chi connectivity index (χ0v) is 19.0. The van der Waals surface area contributed by atoms with E-state index in [4.69, 9.17) is 9.47 Å². The zero-order valence-electron chi connectivity index (χ0n) is 18.1. The highest BCUT2D eigenvalue weighted by Crippen LogP contribution is 2.38. The van der Waals surface area contributed by atoms with Crippen LogP contribution < -0.4 is 14.8 Å². The van der Waals surface area contributed by atoms with Crippen LogP contribution in [0.25, 0.3) is 11.4 Å². The molecule has 1 aliphatic carbocycles. The van der Waals surface area contributed by atoms with E-state index in [2.05, 4.69) is 27.0 Å². The number of aromatic nitrogens is 3. The third-order valence-electron chi connectivity index (χ3n) is 5.43. The van der Waals surface area contributed by atoms with E-state index in [1.165, 1.54) is 31.0 Å². The minimum atomic E-state index is 0.0410. The molecule has 8 heteroatoms. The highest BCUT2D eigenvalue weighted by molar-refractivity contribution is 7.99. The number of thioether (sulfide) groups is 1. The summed E-state index contributed by atoms with van der Waals surface area (Å²) in [5, 5.41) is 12.7. The minimum absolute atomic E-state index is 0.0410. The summed E-state index contributed by atoms with van der Waals surface area (Å²) in [6.45, 7) is 2.84. The van der Waals surface area contributed by atoms with Crippen LogP contribution in [0.2, 0.25) is 0 Å². The van der Waals surface area contributed by atoms with Crippen LogP contribution in [0.3, 0.4) is 0 Å². The number of rotatable bonds is 10. The molecule has 1 fully saturated rings. The van der Waals surface area contributed by atoms with E-state index in [-0.39, 0.29) is 5.91 Å². The highest BCUT2D eigenvalue weighted by Gasteiger charge is 2.25. The Balaban J connectivity index is 1.85. The van der Waals surface area contributed by atoms with Gasteiger partial charge in [-0.15, -0.1) is 10.2 Å². The Morgan fingerprint density at radius 3 is 2.63 bits per heavy atom. The fraction of sp³-hybridized carbons (Fsp3) is 0.591. The smallest absolute Gasteiger partial charge is 0.230 e. The molecule has 1 saturated carbocycles. The SMILES string of the molecule is CCCCNC(=O)CSc1nnc(-c2ccc(OC)c(OC)c2)n1C1CCCCC1. The van der Waals surface area contributed by atoms with Gasteiger partial charge in [0.25, 0.3) is 0 Å². The molecule has 7 nitrogen and oxygen atoms in total. The van der Waals surface area contributed by atoms with E-state index in [0.29, 0.717) is 23.3 Å². The van der Waals surface area contributed by atoms with Gasteiger partial charge in [-0.05, 0) is 37.5 Å². The normalized spacial score (nSPS) is 14.5. The number of carbonyl (C=O) groups excluding carboxylic acids is 1. The van der Waals surface area contributed by atoms with Gasteiger partial charge >= 0.3 is 0 Å². The molecular weight excluding hydrogens is 400 g/mol. The predicted molar refractivity (Wildman–Crippen MR) is 119 cm³/mol. The number of benzene rings is 1. The lowest BCUT2D eigenvalue weighted by molar-refractivity contribution is -0.118. The van der Waals surface area contributed by atoms with Crippen molar-refractivity contribution in [2.45, 2.75) is 63.1 Å². The first-order valence-corrected chi connectivity index (χ1v) is 11.7. The van der Waals surface area contributed by atoms with Crippen molar-refractivity contribution in [1.29, 1.82) is 0 Å². The van der Waals surface area contributed by atoms with Crippen LogP contribution in [-0.4, -0.2) is 47.2 Å². The minimum Gasteiger partial charge on any atom is -0.493 e. The summed E-state index contributed by atoms with van der Waals surface area (Å²) < 4.78 is 13.1. The molecule has 0 bridgehead atoms. The standard InChI is InChI=1S/C22H32N4O3S/c1-4-5-13-23-20(27)15-30-22-25-24-21(26(22)17-9-7-6-8-10-17)16-11-12-18(28-2)19(14-16)29-3/h11-12,14,17H,4-10,13,15H2,1-3H3,(H,23,27). The largest absolute Gasteiger partial charge is 0.493 e. The van der Waals surface area contributed by atoms with Gasteiger partial charge in [0.15, 0.2) is 22.5 Å². The second-order valence-corrected chi connectivity index (χ2v) is 8.47. The molecule has 0 unspecified atom stereocenters. The van der Waals surface area contributed by atoms with Gasteiger partial charge in [-0.2, -0.15) is 0 Å². The first-order chi connectivity index (χ1) is 14.7. The highest BCUT2D eigenvalue weighted by atomic mass is 32.2. The summed E-state index contributed by atoms with van der Waals surface area (Å²) in [6, 6.07) is 6.16. The van der Waals surface area contributed by atoms with Gasteiger partial charge in [-0.1, -0.05) is 44.4 Å². The molecule has 1 aromatic carbocycles. The van der Waals surface area contributed by atoms with Gasteiger partial charge in [0.2, 0.25) is 5.91 Å². The van der Waals surface area contributed by atoms with E-state index in [1.807, 2.05) is 18.2 Å². The van der Waals surface area contributed by atoms with Crippen molar-refractivity contribution in [2.75, 3.05) is 26.5 Å². The molecule has 1 N–H and O–H groups in total. The van der Waals surface area contributed by atoms with Crippen LogP contribution in [0.15, 0.2) is 23.4 Å². The Kier molecular flexibility index (Phi) is 8.42. The monoisotopic (exact) mass is 432 g/mol. The lowest BCUT2D eigenvalue weighted by atomic mass is 9.95. The topological polar surface area (TPSA) is 78.3 Å². The third-order valence-corrected chi connectivity index (χ3v) is 6.37. The van der Waals surface area contributed by atoms with E-state index < -0.39 is 0 Å². The zero-order chi connectivity index (χ0) is 21.3. The third kappa shape index (κ3) is 5.47. The summed E-state index contributed by atoms with van der Waals surface area (Å²) in [5.41, 5.74) is 0.935. The van der Waals surface area contributed by atoms with E-state index >= 15 is 0 Å². The molecule has 30 heavy (non-hydrogen) atoms. The molecule has 0 spiro atoms. The average molecular weight is 433 g/mol. The molecule has 1 aliphatic rings. The van der Waals surface area contributed by atoms with Gasteiger partial charge in [-0.25, -0.2) is 0 Å². The average Bonchev–Trinajstić information content (AvgIpc) is 3.22. The maximum atomic E-state index is 12.2. The van der Waals surface area contributed by atoms with Crippen molar-refractivity contribution in [2.24, 2.45) is 0 Å². The molecule has 1 amide bonds. The van der Waals surface area contributed by atoms with E-state index in [0.717, 1.165) is 48.8 Å². The van der Waals surface area contributed by atoms with Crippen molar-refractivity contribution in [3.8, 4) is 22.9 Å². The molecule has 0 saturated heterocycles. The molecule has 0 radical (unpaired) electrons. The fourth-order valence-electron chi connectivity index (χ4n) is 3.80.